The fraction of sp³-hybridized carbons (Fsp3) is 0.591. The van der Waals surface area contributed by atoms with Crippen molar-refractivity contribution >= 4 is 17.7 Å². The third kappa shape index (κ3) is 6.65. The summed E-state index contributed by atoms with van der Waals surface area (Å²) in [5.74, 6) is -0.936. The smallest absolute Gasteiger partial charge is 0.328 e. The molecule has 7 heteroatoms. The number of nitrogens with one attached hydrogen (secondary N) is 1. The quantitative estimate of drug-likeness (QED) is 0.233. The average Bonchev–Trinajstić information content (AvgIpc) is 2.62. The molecule has 1 amide bonds. The van der Waals surface area contributed by atoms with Crippen molar-refractivity contribution in [1.29, 1.82) is 0 Å². The van der Waals surface area contributed by atoms with Gasteiger partial charge in [-0.15, -0.1) is 0 Å². The van der Waals surface area contributed by atoms with E-state index >= 15 is 0 Å². The Morgan fingerprint density at radius 3 is 2.59 bits per heavy atom. The third-order valence-corrected chi connectivity index (χ3v) is 5.32. The summed E-state index contributed by atoms with van der Waals surface area (Å²) in [6.07, 6.45) is 8.22. The van der Waals surface area contributed by atoms with Crippen molar-refractivity contribution in [2.24, 2.45) is 11.1 Å². The molecule has 1 aliphatic rings. The van der Waals surface area contributed by atoms with Crippen molar-refractivity contribution in [2.75, 3.05) is 13.7 Å². The summed E-state index contributed by atoms with van der Waals surface area (Å²) in [6, 6.07) is -0.732. The Bertz CT molecular complexity index is 721. The maximum atomic E-state index is 12.3. The lowest BCUT2D eigenvalue weighted by Crippen LogP contribution is -2.48. The van der Waals surface area contributed by atoms with Crippen LogP contribution in [-0.2, 0) is 19.1 Å². The van der Waals surface area contributed by atoms with Crippen LogP contribution < -0.4 is 11.1 Å². The number of nitrogens with two attached hydrogens (primary N) is 1. The van der Waals surface area contributed by atoms with Gasteiger partial charge in [0, 0.05) is 17.9 Å². The van der Waals surface area contributed by atoms with Crippen LogP contribution in [0.25, 0.3) is 0 Å². The number of carbonyl (C=O) groups is 3. The summed E-state index contributed by atoms with van der Waals surface area (Å²) in [6.45, 7) is 7.63. The van der Waals surface area contributed by atoms with Crippen LogP contribution in [0.4, 0.5) is 0 Å². The number of methoxy groups -OCH3 is 1. The Morgan fingerprint density at radius 1 is 1.38 bits per heavy atom. The van der Waals surface area contributed by atoms with Gasteiger partial charge in [0.2, 0.25) is 5.91 Å². The standard InChI is InChI=1S/C22H34N2O5/c1-15(9-10-22(28)16(2)13-17(25)14-21(22,3)4)12-19(26)24-18(20(27)29-5)8-6-7-11-23/h9-10,12-13,18,28H,6-8,11,14,23H2,1-5H3,(H,24,26)/b10-9+,15-12-/t18-,22+/m0/s1. The lowest BCUT2D eigenvalue weighted by molar-refractivity contribution is -0.144. The van der Waals surface area contributed by atoms with Gasteiger partial charge in [-0.2, -0.15) is 0 Å². The largest absolute Gasteiger partial charge is 0.467 e. The molecule has 7 nitrogen and oxygen atoms in total. The maximum absolute atomic E-state index is 12.3. The molecular formula is C22H34N2O5. The Hall–Kier alpha value is -2.25. The monoisotopic (exact) mass is 406 g/mol. The summed E-state index contributed by atoms with van der Waals surface area (Å²) in [7, 11) is 1.28. The van der Waals surface area contributed by atoms with E-state index in [9.17, 15) is 19.5 Å². The molecule has 0 spiro atoms. The second-order valence-corrected chi connectivity index (χ2v) is 8.21. The molecule has 0 aromatic rings. The van der Waals surface area contributed by atoms with E-state index in [1.165, 1.54) is 19.3 Å². The zero-order valence-electron chi connectivity index (χ0n) is 18.1. The Morgan fingerprint density at radius 2 is 2.03 bits per heavy atom. The molecule has 1 rings (SSSR count). The number of carbonyl (C=O) groups excluding carboxylic acids is 3. The Kier molecular flexibility index (Phi) is 8.98. The lowest BCUT2D eigenvalue weighted by atomic mass is 9.64. The number of rotatable bonds is 9. The fourth-order valence-corrected chi connectivity index (χ4v) is 3.47. The van der Waals surface area contributed by atoms with Gasteiger partial charge in [0.05, 0.1) is 7.11 Å². The normalized spacial score (nSPS) is 22.9. The minimum Gasteiger partial charge on any atom is -0.467 e. The molecule has 0 saturated heterocycles. The molecule has 0 fully saturated rings. The maximum Gasteiger partial charge on any atom is 0.328 e. The molecular weight excluding hydrogens is 372 g/mol. The minimum absolute atomic E-state index is 0.0132. The summed E-state index contributed by atoms with van der Waals surface area (Å²) in [5, 5.41) is 13.8. The minimum atomic E-state index is -1.29. The number of ketones is 1. The number of hydrogen-bond donors (Lipinski definition) is 3. The van der Waals surface area contributed by atoms with Gasteiger partial charge in [0.1, 0.15) is 11.6 Å². The number of hydrogen-bond acceptors (Lipinski definition) is 6. The first kappa shape index (κ1) is 24.8. The fourth-order valence-electron chi connectivity index (χ4n) is 3.47. The number of ether oxygens (including phenoxy) is 1. The summed E-state index contributed by atoms with van der Waals surface area (Å²) in [4.78, 5) is 36.0. The zero-order valence-corrected chi connectivity index (χ0v) is 18.1. The van der Waals surface area contributed by atoms with Crippen LogP contribution in [0.1, 0.15) is 53.4 Å². The molecule has 0 aromatic carbocycles. The molecule has 0 saturated carbocycles. The number of unbranched alkanes of at least 4 members (excludes halogenated alkanes) is 1. The van der Waals surface area contributed by atoms with E-state index in [4.69, 9.17) is 10.5 Å². The van der Waals surface area contributed by atoms with E-state index in [-0.39, 0.29) is 12.2 Å². The second kappa shape index (κ2) is 10.5. The third-order valence-electron chi connectivity index (χ3n) is 5.32. The summed E-state index contributed by atoms with van der Waals surface area (Å²) >= 11 is 0. The van der Waals surface area contributed by atoms with E-state index in [1.54, 1.807) is 26.0 Å². The van der Waals surface area contributed by atoms with Crippen LogP contribution in [0.3, 0.4) is 0 Å². The van der Waals surface area contributed by atoms with Crippen molar-refractivity contribution in [3.05, 3.63) is 35.5 Å². The van der Waals surface area contributed by atoms with Crippen LogP contribution in [0, 0.1) is 5.41 Å². The highest BCUT2D eigenvalue weighted by Gasteiger charge is 2.46. The van der Waals surface area contributed by atoms with Gasteiger partial charge in [-0.3, -0.25) is 9.59 Å². The van der Waals surface area contributed by atoms with Crippen molar-refractivity contribution < 1.29 is 24.2 Å². The predicted octanol–water partition coefficient (Wildman–Crippen LogP) is 1.95. The van der Waals surface area contributed by atoms with Crippen molar-refractivity contribution in [3.8, 4) is 0 Å². The van der Waals surface area contributed by atoms with Gasteiger partial charge in [-0.1, -0.05) is 19.9 Å². The molecule has 29 heavy (non-hydrogen) atoms. The number of allylic oxidation sites excluding steroid dienone is 3. The van der Waals surface area contributed by atoms with Gasteiger partial charge >= 0.3 is 5.97 Å². The van der Waals surface area contributed by atoms with E-state index in [1.807, 2.05) is 13.8 Å². The van der Waals surface area contributed by atoms with Crippen LogP contribution in [0.15, 0.2) is 35.5 Å². The van der Waals surface area contributed by atoms with Crippen LogP contribution >= 0.6 is 0 Å². The Balaban J connectivity index is 2.89. The number of esters is 1. The van der Waals surface area contributed by atoms with Crippen molar-refractivity contribution in [3.63, 3.8) is 0 Å². The number of amides is 1. The molecule has 162 valence electrons. The lowest BCUT2D eigenvalue weighted by Gasteiger charge is -2.44. The molecule has 0 aromatic heterocycles. The van der Waals surface area contributed by atoms with Gasteiger partial charge in [-0.05, 0) is 63.0 Å². The van der Waals surface area contributed by atoms with Gasteiger partial charge < -0.3 is 20.9 Å². The van der Waals surface area contributed by atoms with Crippen molar-refractivity contribution in [1.82, 2.24) is 5.32 Å². The van der Waals surface area contributed by atoms with Crippen LogP contribution in [-0.4, -0.2) is 48.1 Å². The van der Waals surface area contributed by atoms with Gasteiger partial charge in [0.15, 0.2) is 5.78 Å². The molecule has 4 N–H and O–H groups in total. The Labute approximate surface area is 173 Å². The second-order valence-electron chi connectivity index (χ2n) is 8.21. The molecule has 0 unspecified atom stereocenters. The predicted molar refractivity (Wildman–Crippen MR) is 112 cm³/mol. The van der Waals surface area contributed by atoms with E-state index < -0.39 is 28.9 Å². The van der Waals surface area contributed by atoms with Crippen LogP contribution in [0.2, 0.25) is 0 Å². The van der Waals surface area contributed by atoms with E-state index in [0.29, 0.717) is 30.5 Å². The average molecular weight is 407 g/mol. The molecule has 0 bridgehead atoms. The van der Waals surface area contributed by atoms with E-state index in [0.717, 1.165) is 6.42 Å². The summed E-state index contributed by atoms with van der Waals surface area (Å²) < 4.78 is 4.75. The first-order valence-electron chi connectivity index (χ1n) is 9.86. The zero-order chi connectivity index (χ0) is 22.2. The molecule has 2 atom stereocenters. The van der Waals surface area contributed by atoms with Gasteiger partial charge in [0.25, 0.3) is 0 Å². The van der Waals surface area contributed by atoms with Crippen LogP contribution in [0.5, 0.6) is 0 Å². The summed E-state index contributed by atoms with van der Waals surface area (Å²) in [5.41, 5.74) is 4.68. The molecule has 0 radical (unpaired) electrons. The first-order chi connectivity index (χ1) is 13.5. The highest BCUT2D eigenvalue weighted by molar-refractivity contribution is 5.93. The highest BCUT2D eigenvalue weighted by Crippen LogP contribution is 2.44. The van der Waals surface area contributed by atoms with Gasteiger partial charge in [-0.25, -0.2) is 4.79 Å². The highest BCUT2D eigenvalue weighted by atomic mass is 16.5. The SMILES string of the molecule is COC(=O)[C@H](CCCCN)NC(=O)/C=C(C)\C=C\[C@@]1(O)C(C)=CC(=O)CC1(C)C. The molecule has 1 aliphatic carbocycles. The van der Waals surface area contributed by atoms with E-state index in [2.05, 4.69) is 5.32 Å². The molecule has 0 heterocycles. The molecule has 0 aliphatic heterocycles. The topological polar surface area (TPSA) is 119 Å². The first-order valence-corrected chi connectivity index (χ1v) is 9.86. The van der Waals surface area contributed by atoms with Crippen molar-refractivity contribution in [2.45, 2.75) is 65.0 Å². The number of aliphatic hydroxyl groups is 1.